The summed E-state index contributed by atoms with van der Waals surface area (Å²) in [7, 11) is 1.23. The molecule has 16 heteroatoms. The first-order chi connectivity index (χ1) is 22.2. The number of benzene rings is 1. The van der Waals surface area contributed by atoms with Crippen molar-refractivity contribution in [3.63, 3.8) is 0 Å². The number of nitrogens with zero attached hydrogens (tertiary/aromatic N) is 5. The fourth-order valence-corrected chi connectivity index (χ4v) is 6.06. The van der Waals surface area contributed by atoms with Crippen LogP contribution in [-0.2, 0) is 11.0 Å². The van der Waals surface area contributed by atoms with E-state index in [1.807, 2.05) is 6.92 Å². The zero-order chi connectivity index (χ0) is 33.8. The van der Waals surface area contributed by atoms with Crippen molar-refractivity contribution in [1.82, 2.24) is 24.3 Å². The molecule has 0 unspecified atom stereocenters. The quantitative estimate of drug-likeness (QED) is 0.235. The van der Waals surface area contributed by atoms with Gasteiger partial charge in [-0.15, -0.1) is 0 Å². The van der Waals surface area contributed by atoms with Crippen molar-refractivity contribution in [3.05, 3.63) is 65.6 Å². The maximum Gasteiger partial charge on any atom is 0.416 e. The Kier molecular flexibility index (Phi) is 8.00. The molecule has 47 heavy (non-hydrogen) atoms. The van der Waals surface area contributed by atoms with Crippen LogP contribution in [-0.4, -0.2) is 62.2 Å². The van der Waals surface area contributed by atoms with Crippen molar-refractivity contribution >= 4 is 29.0 Å². The van der Waals surface area contributed by atoms with Crippen LogP contribution >= 0.6 is 0 Å². The molecule has 0 bridgehead atoms. The number of nitrogens with two attached hydrogens (primary N) is 1. The Balaban J connectivity index is 1.36. The number of methoxy groups -OCH3 is 1. The highest BCUT2D eigenvalue weighted by Gasteiger charge is 2.59. The van der Waals surface area contributed by atoms with Gasteiger partial charge in [0.25, 0.3) is 12.3 Å². The lowest BCUT2D eigenvalue weighted by Gasteiger charge is -2.39. The summed E-state index contributed by atoms with van der Waals surface area (Å²) in [6.45, 7) is 1.92. The summed E-state index contributed by atoms with van der Waals surface area (Å²) < 4.78 is 90.1. The molecule has 1 saturated heterocycles. The number of imidazole rings is 1. The van der Waals surface area contributed by atoms with Crippen LogP contribution in [0.25, 0.3) is 16.8 Å². The topological polar surface area (TPSA) is 128 Å². The molecule has 1 aliphatic heterocycles. The van der Waals surface area contributed by atoms with Gasteiger partial charge in [-0.1, -0.05) is 0 Å². The number of carbonyl (C=O) groups is 2. The molecular formula is C31H29F6N7O3. The van der Waals surface area contributed by atoms with E-state index in [9.17, 15) is 31.5 Å². The molecule has 248 valence electrons. The average molecular weight is 662 g/mol. The molecule has 4 aromatic rings. The molecule has 2 fully saturated rings. The van der Waals surface area contributed by atoms with E-state index in [0.29, 0.717) is 24.7 Å². The predicted molar refractivity (Wildman–Crippen MR) is 157 cm³/mol. The van der Waals surface area contributed by atoms with Gasteiger partial charge in [-0.3, -0.25) is 14.0 Å². The standard InChI is InChI=1S/C31H29F6N7O3/c1-15-3-4-16(14-44(15)29(46)30(6-7-30)28(33)34)26-42-23(24-25(38)40-9-10-43(24)26)22-19(32)11-17(12-20(22)47-2)27(45)41-21-13-18(5-8-39-21)31(35,36)37/h5,8-13,15-16,28H,3-4,6-7,14H2,1-2H3,(H2,38,40)(H,39,41,45)/t15-,16-/m1/s1. The Morgan fingerprint density at radius 3 is 2.53 bits per heavy atom. The van der Waals surface area contributed by atoms with Crippen molar-refractivity contribution in [1.29, 1.82) is 0 Å². The van der Waals surface area contributed by atoms with E-state index in [4.69, 9.17) is 15.5 Å². The molecule has 0 radical (unpaired) electrons. The molecule has 6 rings (SSSR count). The van der Waals surface area contributed by atoms with Gasteiger partial charge in [0.1, 0.15) is 45.7 Å². The molecule has 0 spiro atoms. The third-order valence-corrected chi connectivity index (χ3v) is 8.85. The molecule has 1 aromatic carbocycles. The third-order valence-electron chi connectivity index (χ3n) is 8.85. The number of likely N-dealkylation sites (tertiary alicyclic amines) is 1. The monoisotopic (exact) mass is 661 g/mol. The fraction of sp³-hybridized carbons (Fsp3) is 0.387. The molecule has 1 saturated carbocycles. The molecule has 2 amide bonds. The van der Waals surface area contributed by atoms with Crippen LogP contribution in [0.1, 0.15) is 60.3 Å². The number of fused-ring (bicyclic) bond motifs is 1. The summed E-state index contributed by atoms with van der Waals surface area (Å²) in [6, 6.07) is 3.19. The number of pyridine rings is 1. The van der Waals surface area contributed by atoms with E-state index in [2.05, 4.69) is 15.3 Å². The molecule has 2 aliphatic rings. The highest BCUT2D eigenvalue weighted by molar-refractivity contribution is 6.05. The summed E-state index contributed by atoms with van der Waals surface area (Å²) in [5, 5.41) is 2.23. The summed E-state index contributed by atoms with van der Waals surface area (Å²) in [5.41, 5.74) is 3.35. The largest absolute Gasteiger partial charge is 0.496 e. The minimum atomic E-state index is -4.67. The van der Waals surface area contributed by atoms with Gasteiger partial charge in [-0.05, 0) is 56.9 Å². The summed E-state index contributed by atoms with van der Waals surface area (Å²) in [4.78, 5) is 40.3. The second-order valence-electron chi connectivity index (χ2n) is 11.8. The van der Waals surface area contributed by atoms with Gasteiger partial charge >= 0.3 is 6.18 Å². The van der Waals surface area contributed by atoms with Crippen LogP contribution in [0, 0.1) is 11.2 Å². The van der Waals surface area contributed by atoms with E-state index in [0.717, 1.165) is 18.3 Å². The van der Waals surface area contributed by atoms with Gasteiger partial charge in [-0.2, -0.15) is 13.2 Å². The maximum atomic E-state index is 16.0. The van der Waals surface area contributed by atoms with Gasteiger partial charge in [0.2, 0.25) is 5.91 Å². The van der Waals surface area contributed by atoms with E-state index in [1.165, 1.54) is 24.3 Å². The normalized spacial score (nSPS) is 19.2. The molecule has 3 N–H and O–H groups in total. The van der Waals surface area contributed by atoms with E-state index >= 15 is 4.39 Å². The second-order valence-corrected chi connectivity index (χ2v) is 11.8. The minimum absolute atomic E-state index is 0.00751. The highest BCUT2D eigenvalue weighted by atomic mass is 19.4. The summed E-state index contributed by atoms with van der Waals surface area (Å²) in [6.07, 6.45) is -2.25. The highest BCUT2D eigenvalue weighted by Crippen LogP contribution is 2.53. The summed E-state index contributed by atoms with van der Waals surface area (Å²) in [5.74, 6) is -3.06. The van der Waals surface area contributed by atoms with Crippen LogP contribution in [0.15, 0.2) is 42.9 Å². The molecule has 4 heterocycles. The molecule has 2 atom stereocenters. The van der Waals surface area contributed by atoms with Crippen LogP contribution in [0.3, 0.4) is 0 Å². The number of anilines is 2. The number of nitrogen functional groups attached to an aromatic ring is 1. The third kappa shape index (κ3) is 5.69. The van der Waals surface area contributed by atoms with Gasteiger partial charge in [-0.25, -0.2) is 28.1 Å². The number of rotatable bonds is 7. The number of amides is 2. The predicted octanol–water partition coefficient (Wildman–Crippen LogP) is 5.93. The number of nitrogens with one attached hydrogen (secondary N) is 1. The van der Waals surface area contributed by atoms with E-state index in [1.54, 1.807) is 10.6 Å². The van der Waals surface area contributed by atoms with Crippen molar-refractivity contribution < 1.29 is 40.7 Å². The van der Waals surface area contributed by atoms with E-state index in [-0.39, 0.29) is 59.3 Å². The van der Waals surface area contributed by atoms with Gasteiger partial charge in [0.15, 0.2) is 0 Å². The lowest BCUT2D eigenvalue weighted by Crippen LogP contribution is -2.49. The Hall–Kier alpha value is -4.89. The Morgan fingerprint density at radius 1 is 1.13 bits per heavy atom. The van der Waals surface area contributed by atoms with Crippen molar-refractivity contribution in [3.8, 4) is 17.0 Å². The number of aromatic nitrogens is 4. The van der Waals surface area contributed by atoms with Crippen molar-refractivity contribution in [2.75, 3.05) is 24.7 Å². The van der Waals surface area contributed by atoms with E-state index < -0.39 is 52.9 Å². The number of hydrogen-bond donors (Lipinski definition) is 2. The number of hydrogen-bond acceptors (Lipinski definition) is 7. The maximum absolute atomic E-state index is 16.0. The lowest BCUT2D eigenvalue weighted by atomic mass is 9.91. The molecule has 1 aliphatic carbocycles. The van der Waals surface area contributed by atoms with Gasteiger partial charge < -0.3 is 20.7 Å². The zero-order valence-electron chi connectivity index (χ0n) is 25.1. The second kappa shape index (κ2) is 11.7. The first-order valence-electron chi connectivity index (χ1n) is 14.7. The van der Waals surface area contributed by atoms with Gasteiger partial charge in [0, 0.05) is 42.7 Å². The number of piperidine rings is 1. The summed E-state index contributed by atoms with van der Waals surface area (Å²) >= 11 is 0. The smallest absolute Gasteiger partial charge is 0.416 e. The number of alkyl halides is 5. The molecule has 3 aromatic heterocycles. The van der Waals surface area contributed by atoms with Crippen molar-refractivity contribution in [2.24, 2.45) is 5.41 Å². The van der Waals surface area contributed by atoms with Gasteiger partial charge in [0.05, 0.1) is 18.2 Å². The average Bonchev–Trinajstić information content (AvgIpc) is 3.76. The number of ether oxygens (including phenoxy) is 1. The van der Waals surface area contributed by atoms with Crippen LogP contribution in [0.2, 0.25) is 0 Å². The SMILES string of the molecule is COc1cc(C(=O)Nc2cc(C(F)(F)F)ccn2)cc(F)c1-c1nc([C@@H]2CC[C@@H](C)N(C(=O)C3(C(F)F)CC3)C2)n2ccnc(N)c12. The van der Waals surface area contributed by atoms with Crippen LogP contribution < -0.4 is 15.8 Å². The Bertz CT molecular complexity index is 1870. The lowest BCUT2D eigenvalue weighted by molar-refractivity contribution is -0.147. The first-order valence-corrected chi connectivity index (χ1v) is 14.7. The number of carbonyl (C=O) groups excluding carboxylic acids is 2. The molecule has 10 nitrogen and oxygen atoms in total. The first kappa shape index (κ1) is 32.1. The Morgan fingerprint density at radius 2 is 1.87 bits per heavy atom. The molecular weight excluding hydrogens is 632 g/mol. The van der Waals surface area contributed by atoms with Crippen LogP contribution in [0.5, 0.6) is 5.75 Å². The van der Waals surface area contributed by atoms with Crippen LogP contribution in [0.4, 0.5) is 38.0 Å². The fourth-order valence-electron chi connectivity index (χ4n) is 6.06. The number of halogens is 6. The minimum Gasteiger partial charge on any atom is -0.496 e. The Labute approximate surface area is 263 Å². The zero-order valence-corrected chi connectivity index (χ0v) is 25.1. The van der Waals surface area contributed by atoms with Crippen molar-refractivity contribution in [2.45, 2.75) is 57.2 Å².